The van der Waals surface area contributed by atoms with Crippen molar-refractivity contribution in [2.45, 2.75) is 23.6 Å². The summed E-state index contributed by atoms with van der Waals surface area (Å²) in [5.41, 5.74) is 7.66. The largest absolute Gasteiger partial charge is 0.493 e. The third kappa shape index (κ3) is 4.13. The molecule has 0 atom stereocenters. The minimum atomic E-state index is 0.0752. The number of rotatable bonds is 7. The lowest BCUT2D eigenvalue weighted by Crippen LogP contribution is -2.04. The number of nitrogens with one attached hydrogen (secondary N) is 1. The monoisotopic (exact) mass is 404 g/mol. The molecule has 144 valence electrons. The molecule has 1 saturated carbocycles. The highest BCUT2D eigenvalue weighted by Gasteiger charge is 2.23. The number of aromatic nitrogens is 5. The molecule has 29 heavy (non-hydrogen) atoms. The molecule has 10 heteroatoms. The predicted molar refractivity (Wildman–Crippen MR) is 105 cm³/mol. The first kappa shape index (κ1) is 18.7. The first-order valence-corrected chi connectivity index (χ1v) is 9.90. The number of H-pyrrole nitrogens is 1. The Morgan fingerprint density at radius 2 is 1.93 bits per heavy atom. The highest BCUT2D eigenvalue weighted by atomic mass is 32.2. The summed E-state index contributed by atoms with van der Waals surface area (Å²) >= 11 is 1.26. The van der Waals surface area contributed by atoms with Gasteiger partial charge in [-0.1, -0.05) is 29.1 Å². The van der Waals surface area contributed by atoms with E-state index in [0.717, 1.165) is 5.75 Å². The van der Waals surface area contributed by atoms with Gasteiger partial charge in [-0.2, -0.15) is 15.7 Å². The number of pyridine rings is 1. The van der Waals surface area contributed by atoms with E-state index in [1.807, 2.05) is 24.3 Å². The van der Waals surface area contributed by atoms with E-state index in [1.54, 1.807) is 0 Å². The van der Waals surface area contributed by atoms with Gasteiger partial charge < -0.3 is 10.5 Å². The number of aromatic amines is 1. The van der Waals surface area contributed by atoms with Gasteiger partial charge in [-0.3, -0.25) is 0 Å². The molecule has 2 heterocycles. The van der Waals surface area contributed by atoms with E-state index in [-0.39, 0.29) is 16.9 Å². The van der Waals surface area contributed by atoms with Gasteiger partial charge in [0, 0.05) is 5.56 Å². The first-order chi connectivity index (χ1) is 14.2. The molecule has 0 unspecified atom stereocenters. The lowest BCUT2D eigenvalue weighted by atomic mass is 9.97. The van der Waals surface area contributed by atoms with Crippen LogP contribution in [-0.4, -0.2) is 32.2 Å². The molecule has 0 aliphatic heterocycles. The average Bonchev–Trinajstić information content (AvgIpc) is 3.43. The topological polar surface area (TPSA) is 150 Å². The van der Waals surface area contributed by atoms with Crippen molar-refractivity contribution in [1.29, 1.82) is 10.5 Å². The van der Waals surface area contributed by atoms with Crippen LogP contribution in [0, 0.1) is 28.6 Å². The van der Waals surface area contributed by atoms with E-state index < -0.39 is 0 Å². The summed E-state index contributed by atoms with van der Waals surface area (Å²) in [5, 5.41) is 33.5. The van der Waals surface area contributed by atoms with Crippen LogP contribution in [0.25, 0.3) is 11.1 Å². The van der Waals surface area contributed by atoms with Crippen LogP contribution < -0.4 is 10.5 Å². The molecule has 0 saturated heterocycles. The number of benzene rings is 1. The number of ether oxygens (including phenoxy) is 1. The summed E-state index contributed by atoms with van der Waals surface area (Å²) in [5.74, 6) is 2.32. The molecule has 1 fully saturated rings. The summed E-state index contributed by atoms with van der Waals surface area (Å²) in [4.78, 5) is 4.26. The maximum absolute atomic E-state index is 9.81. The van der Waals surface area contributed by atoms with Crippen LogP contribution in [0.2, 0.25) is 0 Å². The van der Waals surface area contributed by atoms with Crippen molar-refractivity contribution in [3.8, 4) is 29.0 Å². The second kappa shape index (κ2) is 8.17. The lowest BCUT2D eigenvalue weighted by Gasteiger charge is -2.13. The van der Waals surface area contributed by atoms with Crippen molar-refractivity contribution in [2.24, 2.45) is 5.92 Å². The van der Waals surface area contributed by atoms with Crippen molar-refractivity contribution in [3.05, 3.63) is 41.2 Å². The van der Waals surface area contributed by atoms with Gasteiger partial charge in [0.2, 0.25) is 0 Å². The molecule has 3 N–H and O–H groups in total. The Hall–Kier alpha value is -3.63. The Morgan fingerprint density at radius 3 is 2.55 bits per heavy atom. The third-order valence-corrected chi connectivity index (χ3v) is 5.44. The van der Waals surface area contributed by atoms with Gasteiger partial charge in [0.05, 0.1) is 17.9 Å². The van der Waals surface area contributed by atoms with Crippen LogP contribution in [-0.2, 0) is 5.75 Å². The number of nitrogens with zero attached hydrogens (tertiary/aromatic N) is 6. The van der Waals surface area contributed by atoms with E-state index >= 15 is 0 Å². The summed E-state index contributed by atoms with van der Waals surface area (Å²) in [7, 11) is 0. The zero-order valence-electron chi connectivity index (χ0n) is 15.3. The van der Waals surface area contributed by atoms with Crippen molar-refractivity contribution < 1.29 is 4.74 Å². The van der Waals surface area contributed by atoms with Crippen LogP contribution in [0.1, 0.15) is 29.8 Å². The van der Waals surface area contributed by atoms with E-state index in [9.17, 15) is 10.5 Å². The number of anilines is 1. The predicted octanol–water partition coefficient (Wildman–Crippen LogP) is 2.67. The highest BCUT2D eigenvalue weighted by molar-refractivity contribution is 7.98. The minimum absolute atomic E-state index is 0.0752. The molecule has 1 aliphatic carbocycles. The van der Waals surface area contributed by atoms with Crippen LogP contribution in [0.3, 0.4) is 0 Å². The molecule has 2 aromatic heterocycles. The second-order valence-electron chi connectivity index (χ2n) is 6.55. The molecule has 4 rings (SSSR count). The molecule has 3 aromatic rings. The molecule has 0 spiro atoms. The van der Waals surface area contributed by atoms with Gasteiger partial charge in [0.1, 0.15) is 34.3 Å². The fraction of sp³-hybridized carbons (Fsp3) is 0.263. The van der Waals surface area contributed by atoms with Crippen molar-refractivity contribution in [1.82, 2.24) is 25.6 Å². The molecule has 0 bridgehead atoms. The summed E-state index contributed by atoms with van der Waals surface area (Å²) < 4.78 is 5.77. The number of hydrogen-bond donors (Lipinski definition) is 2. The van der Waals surface area contributed by atoms with E-state index in [0.29, 0.717) is 40.3 Å². The molecular formula is C19H16N8OS. The van der Waals surface area contributed by atoms with E-state index in [4.69, 9.17) is 10.5 Å². The Balaban J connectivity index is 1.68. The number of nitriles is 2. The summed E-state index contributed by atoms with van der Waals surface area (Å²) in [6.45, 7) is 0.714. The minimum Gasteiger partial charge on any atom is -0.493 e. The maximum Gasteiger partial charge on any atom is 0.184 e. The molecule has 0 radical (unpaired) electrons. The zero-order chi connectivity index (χ0) is 20.2. The van der Waals surface area contributed by atoms with Crippen LogP contribution in [0.4, 0.5) is 5.82 Å². The SMILES string of the molecule is N#Cc1c(N)nc(SCc2nn[nH]n2)c(C#N)c1-c1ccc(OCC2CC2)cc1. The van der Waals surface area contributed by atoms with E-state index in [1.165, 1.54) is 24.6 Å². The molecule has 1 aromatic carbocycles. The molecule has 0 amide bonds. The Labute approximate surface area is 170 Å². The number of thioether (sulfide) groups is 1. The van der Waals surface area contributed by atoms with Gasteiger partial charge >= 0.3 is 0 Å². The fourth-order valence-electron chi connectivity index (χ4n) is 2.78. The molecular weight excluding hydrogens is 388 g/mol. The van der Waals surface area contributed by atoms with Crippen LogP contribution in [0.15, 0.2) is 29.3 Å². The van der Waals surface area contributed by atoms with Crippen LogP contribution >= 0.6 is 11.8 Å². The van der Waals surface area contributed by atoms with Crippen molar-refractivity contribution in [3.63, 3.8) is 0 Å². The van der Waals surface area contributed by atoms with Gasteiger partial charge in [-0.25, -0.2) is 4.98 Å². The quantitative estimate of drug-likeness (QED) is 0.566. The number of hydrogen-bond acceptors (Lipinski definition) is 9. The smallest absolute Gasteiger partial charge is 0.184 e. The maximum atomic E-state index is 9.81. The first-order valence-electron chi connectivity index (χ1n) is 8.91. The molecule has 1 aliphatic rings. The fourth-order valence-corrected chi connectivity index (χ4v) is 3.63. The summed E-state index contributed by atoms with van der Waals surface area (Å²) in [6.07, 6.45) is 2.44. The normalized spacial score (nSPS) is 12.9. The number of nitrogen functional groups attached to an aromatic ring is 1. The van der Waals surface area contributed by atoms with Gasteiger partial charge in [-0.15, -0.1) is 10.2 Å². The standard InChI is InChI=1S/C19H16N8OS/c20-7-14-17(12-3-5-13(6-4-12)28-9-11-1-2-11)15(8-21)19(23-18(14)22)29-10-16-24-26-27-25-16/h3-6,11H,1-2,9-10H2,(H2,22,23)(H,24,25,26,27). The number of tetrazole rings is 1. The van der Waals surface area contributed by atoms with Gasteiger partial charge in [0.15, 0.2) is 5.82 Å². The second-order valence-corrected chi connectivity index (χ2v) is 7.51. The highest BCUT2D eigenvalue weighted by Crippen LogP contribution is 2.37. The Kier molecular flexibility index (Phi) is 5.27. The average molecular weight is 404 g/mol. The number of nitrogens with two attached hydrogens (primary N) is 1. The zero-order valence-corrected chi connectivity index (χ0v) is 16.1. The van der Waals surface area contributed by atoms with Gasteiger partial charge in [0.25, 0.3) is 0 Å². The van der Waals surface area contributed by atoms with Crippen LogP contribution in [0.5, 0.6) is 5.75 Å². The van der Waals surface area contributed by atoms with E-state index in [2.05, 4.69) is 37.7 Å². The molecule has 9 nitrogen and oxygen atoms in total. The Morgan fingerprint density at radius 1 is 1.17 bits per heavy atom. The third-order valence-electron chi connectivity index (χ3n) is 4.47. The Bertz CT molecular complexity index is 1100. The van der Waals surface area contributed by atoms with Crippen molar-refractivity contribution >= 4 is 17.6 Å². The van der Waals surface area contributed by atoms with Crippen molar-refractivity contribution in [2.75, 3.05) is 12.3 Å². The summed E-state index contributed by atoms with van der Waals surface area (Å²) in [6, 6.07) is 11.6. The van der Waals surface area contributed by atoms with Gasteiger partial charge in [-0.05, 0) is 36.5 Å². The lowest BCUT2D eigenvalue weighted by molar-refractivity contribution is 0.300.